The summed E-state index contributed by atoms with van der Waals surface area (Å²) in [6, 6.07) is 1.19. The molecule has 0 radical (unpaired) electrons. The van der Waals surface area contributed by atoms with Gasteiger partial charge in [-0.3, -0.25) is 0 Å². The van der Waals surface area contributed by atoms with Gasteiger partial charge in [0.2, 0.25) is 0 Å². The van der Waals surface area contributed by atoms with Crippen LogP contribution >= 0.6 is 0 Å². The van der Waals surface area contributed by atoms with E-state index < -0.39 is 26.6 Å². The second kappa shape index (κ2) is 5.33. The van der Waals surface area contributed by atoms with Gasteiger partial charge in [0.05, 0.1) is 0 Å². The lowest BCUT2D eigenvalue weighted by atomic mass is 11.0. The summed E-state index contributed by atoms with van der Waals surface area (Å²) < 4.78 is 11.8. The van der Waals surface area contributed by atoms with Gasteiger partial charge in [-0.25, -0.2) is 0 Å². The largest absolute Gasteiger partial charge is 0.442 e. The topological polar surface area (TPSA) is 18.5 Å². The van der Waals surface area contributed by atoms with Gasteiger partial charge in [-0.05, 0) is 38.8 Å². The SMILES string of the molecule is CC[Si](C)(C)O[SiH](C)O[SiH](C)C. The highest BCUT2D eigenvalue weighted by Crippen LogP contribution is 2.12. The molecule has 2 nitrogen and oxygen atoms in total. The summed E-state index contributed by atoms with van der Waals surface area (Å²) in [4.78, 5) is 0. The first-order valence-electron chi connectivity index (χ1n) is 4.70. The predicted molar refractivity (Wildman–Crippen MR) is 62.0 cm³/mol. The molecule has 0 aromatic carbocycles. The van der Waals surface area contributed by atoms with Crippen molar-refractivity contribution < 1.29 is 8.23 Å². The Morgan fingerprint density at radius 2 is 1.67 bits per heavy atom. The zero-order chi connectivity index (χ0) is 9.78. The highest BCUT2D eigenvalue weighted by molar-refractivity contribution is 6.78. The molecule has 0 N–H and O–H groups in total. The Morgan fingerprint density at radius 1 is 1.17 bits per heavy atom. The predicted octanol–water partition coefficient (Wildman–Crippen LogP) is 2.08. The Hall–Kier alpha value is 0.571. The highest BCUT2D eigenvalue weighted by Gasteiger charge is 2.23. The molecule has 1 atom stereocenters. The second-order valence-corrected chi connectivity index (χ2v) is 13.5. The Morgan fingerprint density at radius 3 is 2.00 bits per heavy atom. The fourth-order valence-electron chi connectivity index (χ4n) is 0.944. The third-order valence-electron chi connectivity index (χ3n) is 1.80. The van der Waals surface area contributed by atoms with Gasteiger partial charge in [0, 0.05) is 0 Å². The lowest BCUT2D eigenvalue weighted by Gasteiger charge is -2.26. The van der Waals surface area contributed by atoms with Gasteiger partial charge in [0.15, 0.2) is 17.4 Å². The molecular formula is C7H22O2Si3. The van der Waals surface area contributed by atoms with E-state index in [0.717, 1.165) is 0 Å². The first-order valence-corrected chi connectivity index (χ1v) is 12.7. The first-order chi connectivity index (χ1) is 5.37. The van der Waals surface area contributed by atoms with E-state index in [4.69, 9.17) is 8.23 Å². The van der Waals surface area contributed by atoms with Crippen LogP contribution in [-0.2, 0) is 8.23 Å². The summed E-state index contributed by atoms with van der Waals surface area (Å²) in [6.07, 6.45) is 0. The second-order valence-electron chi connectivity index (χ2n) is 3.98. The molecule has 0 fully saturated rings. The summed E-state index contributed by atoms with van der Waals surface area (Å²) >= 11 is 0. The van der Waals surface area contributed by atoms with Crippen molar-refractivity contribution >= 4 is 26.6 Å². The van der Waals surface area contributed by atoms with Gasteiger partial charge in [-0.15, -0.1) is 0 Å². The molecular weight excluding hydrogens is 200 g/mol. The fraction of sp³-hybridized carbons (Fsp3) is 1.00. The molecule has 0 rings (SSSR count). The molecule has 0 saturated heterocycles. The molecule has 0 aromatic heterocycles. The van der Waals surface area contributed by atoms with E-state index >= 15 is 0 Å². The van der Waals surface area contributed by atoms with Crippen molar-refractivity contribution in [2.45, 2.75) is 45.7 Å². The molecule has 12 heavy (non-hydrogen) atoms. The van der Waals surface area contributed by atoms with Gasteiger partial charge in [0.1, 0.15) is 0 Å². The van der Waals surface area contributed by atoms with Crippen LogP contribution in [0.2, 0.25) is 38.8 Å². The normalized spacial score (nSPS) is 15.2. The zero-order valence-electron chi connectivity index (χ0n) is 9.18. The summed E-state index contributed by atoms with van der Waals surface area (Å²) in [5.74, 6) is 0. The summed E-state index contributed by atoms with van der Waals surface area (Å²) in [5, 5.41) is 0. The summed E-state index contributed by atoms with van der Waals surface area (Å²) in [6.45, 7) is 13.3. The van der Waals surface area contributed by atoms with E-state index in [1.165, 1.54) is 6.04 Å². The molecule has 0 aliphatic carbocycles. The molecule has 74 valence electrons. The first kappa shape index (κ1) is 12.6. The van der Waals surface area contributed by atoms with Gasteiger partial charge >= 0.3 is 0 Å². The van der Waals surface area contributed by atoms with Crippen molar-refractivity contribution in [3.8, 4) is 0 Å². The van der Waals surface area contributed by atoms with Crippen LogP contribution in [0.1, 0.15) is 6.92 Å². The van der Waals surface area contributed by atoms with Gasteiger partial charge in [-0.2, -0.15) is 0 Å². The Bertz CT molecular complexity index is 128. The van der Waals surface area contributed by atoms with Gasteiger partial charge in [0.25, 0.3) is 9.28 Å². The molecule has 1 unspecified atom stereocenters. The maximum atomic E-state index is 5.99. The fourth-order valence-corrected chi connectivity index (χ4v) is 8.99. The Kier molecular flexibility index (Phi) is 5.59. The van der Waals surface area contributed by atoms with Gasteiger partial charge < -0.3 is 8.23 Å². The molecule has 0 amide bonds. The van der Waals surface area contributed by atoms with E-state index in [1.54, 1.807) is 0 Å². The Balaban J connectivity index is 3.75. The minimum Gasteiger partial charge on any atom is -0.442 e. The summed E-state index contributed by atoms with van der Waals surface area (Å²) in [7, 11) is -3.50. The third kappa shape index (κ3) is 6.13. The quantitative estimate of drug-likeness (QED) is 0.663. The van der Waals surface area contributed by atoms with Crippen molar-refractivity contribution in [2.24, 2.45) is 0 Å². The third-order valence-corrected chi connectivity index (χ3v) is 11.1. The monoisotopic (exact) mass is 222 g/mol. The molecule has 0 saturated carbocycles. The molecule has 0 heterocycles. The maximum Gasteiger partial charge on any atom is 0.297 e. The Labute approximate surface area is 81.0 Å². The number of hydrogen-bond donors (Lipinski definition) is 0. The van der Waals surface area contributed by atoms with Crippen molar-refractivity contribution in [3.05, 3.63) is 0 Å². The van der Waals surface area contributed by atoms with E-state index in [1.807, 2.05) is 0 Å². The van der Waals surface area contributed by atoms with Crippen LogP contribution < -0.4 is 0 Å². The molecule has 5 heteroatoms. The van der Waals surface area contributed by atoms with Crippen molar-refractivity contribution in [1.82, 2.24) is 0 Å². The standard InChI is InChI=1S/C7H22O2Si3/c1-7-12(5,6)9-11(4)8-10(2)3/h10-11H,7H2,1-6H3. The van der Waals surface area contributed by atoms with E-state index in [9.17, 15) is 0 Å². The minimum absolute atomic E-state index is 0.870. The van der Waals surface area contributed by atoms with Gasteiger partial charge in [-0.1, -0.05) is 6.92 Å². The van der Waals surface area contributed by atoms with E-state index in [-0.39, 0.29) is 0 Å². The van der Waals surface area contributed by atoms with Crippen LogP contribution in [0.15, 0.2) is 0 Å². The zero-order valence-corrected chi connectivity index (χ0v) is 12.5. The highest BCUT2D eigenvalue weighted by atomic mass is 28.4. The molecule has 0 spiro atoms. The smallest absolute Gasteiger partial charge is 0.297 e. The molecule has 0 aliphatic heterocycles. The average Bonchev–Trinajstić information content (AvgIpc) is 1.84. The van der Waals surface area contributed by atoms with Crippen LogP contribution in [0.4, 0.5) is 0 Å². The van der Waals surface area contributed by atoms with Crippen molar-refractivity contribution in [3.63, 3.8) is 0 Å². The van der Waals surface area contributed by atoms with E-state index in [0.29, 0.717) is 0 Å². The van der Waals surface area contributed by atoms with Crippen LogP contribution in [0.3, 0.4) is 0 Å². The van der Waals surface area contributed by atoms with Crippen LogP contribution in [0, 0.1) is 0 Å². The van der Waals surface area contributed by atoms with Crippen molar-refractivity contribution in [1.29, 1.82) is 0 Å². The number of hydrogen-bond acceptors (Lipinski definition) is 2. The average molecular weight is 223 g/mol. The lowest BCUT2D eigenvalue weighted by Crippen LogP contribution is -2.39. The maximum absolute atomic E-state index is 5.99. The lowest BCUT2D eigenvalue weighted by molar-refractivity contribution is 0.434. The van der Waals surface area contributed by atoms with Crippen LogP contribution in [0.5, 0.6) is 0 Å². The molecule has 0 bridgehead atoms. The molecule has 0 aromatic rings. The van der Waals surface area contributed by atoms with Crippen molar-refractivity contribution in [2.75, 3.05) is 0 Å². The van der Waals surface area contributed by atoms with E-state index in [2.05, 4.69) is 39.7 Å². The van der Waals surface area contributed by atoms with Crippen LogP contribution in [0.25, 0.3) is 0 Å². The minimum atomic E-state index is -1.35. The molecule has 0 aliphatic rings. The van der Waals surface area contributed by atoms with Crippen LogP contribution in [-0.4, -0.2) is 26.6 Å². The number of rotatable bonds is 5. The summed E-state index contributed by atoms with van der Waals surface area (Å²) in [5.41, 5.74) is 0.